The molecule has 0 bridgehead atoms. The number of rotatable bonds is 7. The van der Waals surface area contributed by atoms with Gasteiger partial charge in [-0.1, -0.05) is 23.9 Å². The number of anilines is 2. The van der Waals surface area contributed by atoms with E-state index < -0.39 is 27.3 Å². The first-order valence-electron chi connectivity index (χ1n) is 10.5. The number of hydrogen-bond donors (Lipinski definition) is 1. The van der Waals surface area contributed by atoms with Gasteiger partial charge in [-0.3, -0.25) is 34.6 Å². The van der Waals surface area contributed by atoms with Crippen LogP contribution in [0.1, 0.15) is 20.7 Å². The van der Waals surface area contributed by atoms with Crippen molar-refractivity contribution < 1.29 is 24.2 Å². The number of imide groups is 1. The second-order valence-corrected chi connectivity index (χ2v) is 9.93. The summed E-state index contributed by atoms with van der Waals surface area (Å²) >= 11 is 2.40. The van der Waals surface area contributed by atoms with Gasteiger partial charge in [0.15, 0.2) is 4.34 Å². The van der Waals surface area contributed by atoms with Crippen molar-refractivity contribution in [3.63, 3.8) is 0 Å². The zero-order chi connectivity index (χ0) is 26.3. The van der Waals surface area contributed by atoms with Crippen molar-refractivity contribution in [3.05, 3.63) is 92.0 Å². The van der Waals surface area contributed by atoms with Crippen LogP contribution in [0.3, 0.4) is 0 Å². The lowest BCUT2D eigenvalue weighted by Crippen LogP contribution is -2.29. The Kier molecular flexibility index (Phi) is 6.11. The third-order valence-corrected chi connectivity index (χ3v) is 7.53. The van der Waals surface area contributed by atoms with E-state index in [1.54, 1.807) is 18.2 Å². The minimum absolute atomic E-state index is 0.00254. The van der Waals surface area contributed by atoms with Gasteiger partial charge in [-0.2, -0.15) is 0 Å². The van der Waals surface area contributed by atoms with Gasteiger partial charge in [0, 0.05) is 23.9 Å². The third kappa shape index (κ3) is 4.50. The van der Waals surface area contributed by atoms with Gasteiger partial charge >= 0.3 is 0 Å². The summed E-state index contributed by atoms with van der Waals surface area (Å²) in [6.07, 6.45) is 0. The first kappa shape index (κ1) is 24.0. The summed E-state index contributed by atoms with van der Waals surface area (Å²) < 4.78 is 1.20. The zero-order valence-corrected chi connectivity index (χ0v) is 20.1. The van der Waals surface area contributed by atoms with E-state index in [4.69, 9.17) is 0 Å². The maximum atomic E-state index is 13.0. The van der Waals surface area contributed by atoms with Crippen LogP contribution in [-0.2, 0) is 4.79 Å². The van der Waals surface area contributed by atoms with E-state index in [2.05, 4.69) is 10.3 Å². The molecule has 184 valence electrons. The number of nitrogens with one attached hydrogen (secondary N) is 1. The number of aromatic nitrogens is 1. The predicted molar refractivity (Wildman–Crippen MR) is 136 cm³/mol. The van der Waals surface area contributed by atoms with Gasteiger partial charge in [0.25, 0.3) is 23.2 Å². The van der Waals surface area contributed by atoms with Crippen LogP contribution in [0, 0.1) is 20.2 Å². The monoisotopic (exact) mass is 535 g/mol. The van der Waals surface area contributed by atoms with Gasteiger partial charge in [-0.25, -0.2) is 9.88 Å². The number of hydrogen-bond acceptors (Lipinski definition) is 10. The van der Waals surface area contributed by atoms with E-state index in [0.29, 0.717) is 20.2 Å². The van der Waals surface area contributed by atoms with E-state index in [1.807, 2.05) is 0 Å². The maximum absolute atomic E-state index is 13.0. The summed E-state index contributed by atoms with van der Waals surface area (Å²) in [7, 11) is 0. The van der Waals surface area contributed by atoms with E-state index in [0.717, 1.165) is 16.7 Å². The molecule has 4 aromatic rings. The molecule has 1 N–H and O–H groups in total. The van der Waals surface area contributed by atoms with Crippen LogP contribution in [0.4, 0.5) is 22.7 Å². The van der Waals surface area contributed by atoms with E-state index >= 15 is 0 Å². The number of thioether (sulfide) groups is 1. The van der Waals surface area contributed by atoms with Crippen molar-refractivity contribution in [2.24, 2.45) is 0 Å². The number of thiazole rings is 1. The Morgan fingerprint density at radius 1 is 1.00 bits per heavy atom. The van der Waals surface area contributed by atoms with Crippen molar-refractivity contribution in [1.82, 2.24) is 4.98 Å². The van der Waals surface area contributed by atoms with Crippen LogP contribution in [0.5, 0.6) is 0 Å². The van der Waals surface area contributed by atoms with Crippen LogP contribution in [0.15, 0.2) is 65.0 Å². The number of carbonyl (C=O) groups is 3. The number of carbonyl (C=O) groups excluding carboxylic acids is 3. The molecule has 3 amide bonds. The number of non-ortho nitro benzene ring substituents is 1. The Morgan fingerprint density at radius 2 is 1.78 bits per heavy atom. The molecule has 0 spiro atoms. The van der Waals surface area contributed by atoms with Gasteiger partial charge in [-0.05, 0) is 30.3 Å². The molecule has 1 aliphatic rings. The van der Waals surface area contributed by atoms with Gasteiger partial charge in [0.2, 0.25) is 5.91 Å². The number of nitrogens with zero attached hydrogens (tertiary/aromatic N) is 4. The Bertz CT molecular complexity index is 1650. The molecular formula is C23H13N5O7S2. The molecule has 0 unspecified atom stereocenters. The largest absolute Gasteiger partial charge is 0.325 e. The average Bonchev–Trinajstić information content (AvgIpc) is 3.40. The highest BCUT2D eigenvalue weighted by Gasteiger charge is 2.41. The van der Waals surface area contributed by atoms with Crippen molar-refractivity contribution in [2.45, 2.75) is 4.34 Å². The van der Waals surface area contributed by atoms with Crippen LogP contribution in [-0.4, -0.2) is 38.3 Å². The highest BCUT2D eigenvalue weighted by Crippen LogP contribution is 2.37. The molecule has 14 heteroatoms. The number of nitro benzene ring substituents is 2. The molecule has 37 heavy (non-hydrogen) atoms. The summed E-state index contributed by atoms with van der Waals surface area (Å²) in [4.78, 5) is 64.5. The highest BCUT2D eigenvalue weighted by molar-refractivity contribution is 8.01. The fourth-order valence-corrected chi connectivity index (χ4v) is 5.67. The summed E-state index contributed by atoms with van der Waals surface area (Å²) in [6.45, 7) is 0. The lowest BCUT2D eigenvalue weighted by atomic mass is 10.1. The number of nitro groups is 2. The molecule has 5 rings (SSSR count). The molecule has 1 aromatic heterocycles. The SMILES string of the molecule is O=C(CSc1nc2ccc(N3C(=O)c4cccc([N+](=O)[O-])c4C3=O)cc2s1)Nc1cccc([N+](=O)[O-])c1. The lowest BCUT2D eigenvalue weighted by molar-refractivity contribution is -0.385. The minimum atomic E-state index is -0.774. The van der Waals surface area contributed by atoms with Crippen molar-refractivity contribution >= 4 is 73.8 Å². The van der Waals surface area contributed by atoms with Gasteiger partial charge in [-0.15, -0.1) is 11.3 Å². The molecule has 0 aliphatic carbocycles. The predicted octanol–water partition coefficient (Wildman–Crippen LogP) is 4.64. The molecular weight excluding hydrogens is 522 g/mol. The standard InChI is InChI=1S/C23H13N5O7S2/c29-19(24-12-3-1-4-14(9-12)27(32)33)11-36-23-25-16-8-7-13(10-18(16)37-23)26-21(30)15-5-2-6-17(28(34)35)20(15)22(26)31/h1-10H,11H2,(H,24,29). The number of fused-ring (bicyclic) bond motifs is 2. The van der Waals surface area contributed by atoms with Gasteiger partial charge in [0.05, 0.1) is 37.1 Å². The summed E-state index contributed by atoms with van der Waals surface area (Å²) in [5.41, 5.74) is 0.284. The fourth-order valence-electron chi connectivity index (χ4n) is 3.77. The smallest absolute Gasteiger partial charge is 0.283 e. The second-order valence-electron chi connectivity index (χ2n) is 7.68. The maximum Gasteiger partial charge on any atom is 0.283 e. The van der Waals surface area contributed by atoms with Crippen LogP contribution in [0.25, 0.3) is 10.2 Å². The molecule has 1 aliphatic heterocycles. The van der Waals surface area contributed by atoms with Crippen LogP contribution >= 0.6 is 23.1 Å². The summed E-state index contributed by atoms with van der Waals surface area (Å²) in [6, 6.07) is 14.2. The van der Waals surface area contributed by atoms with E-state index in [1.165, 1.54) is 53.8 Å². The minimum Gasteiger partial charge on any atom is -0.325 e. The fraction of sp³-hybridized carbons (Fsp3) is 0.0435. The lowest BCUT2D eigenvalue weighted by Gasteiger charge is -2.13. The molecule has 0 radical (unpaired) electrons. The Balaban J connectivity index is 1.32. The quantitative estimate of drug-likeness (QED) is 0.153. The second kappa shape index (κ2) is 9.40. The van der Waals surface area contributed by atoms with Crippen LogP contribution in [0.2, 0.25) is 0 Å². The Labute approximate surface area is 215 Å². The Morgan fingerprint density at radius 3 is 2.54 bits per heavy atom. The van der Waals surface area contributed by atoms with Gasteiger partial charge in [0.1, 0.15) is 5.56 Å². The molecule has 12 nitrogen and oxygen atoms in total. The summed E-state index contributed by atoms with van der Waals surface area (Å²) in [5, 5.41) is 24.8. The van der Waals surface area contributed by atoms with Crippen molar-refractivity contribution in [1.29, 1.82) is 0 Å². The topological polar surface area (TPSA) is 166 Å². The molecule has 0 fully saturated rings. The van der Waals surface area contributed by atoms with Crippen molar-refractivity contribution in [3.8, 4) is 0 Å². The first-order valence-corrected chi connectivity index (χ1v) is 12.3. The average molecular weight is 536 g/mol. The normalized spacial score (nSPS) is 12.6. The van der Waals surface area contributed by atoms with Crippen LogP contribution < -0.4 is 10.2 Å². The highest BCUT2D eigenvalue weighted by atomic mass is 32.2. The van der Waals surface area contributed by atoms with E-state index in [9.17, 15) is 34.6 Å². The van der Waals surface area contributed by atoms with Crippen molar-refractivity contribution in [2.75, 3.05) is 16.0 Å². The number of benzene rings is 3. The molecule has 0 saturated carbocycles. The third-order valence-electron chi connectivity index (χ3n) is 5.37. The van der Waals surface area contributed by atoms with E-state index in [-0.39, 0.29) is 34.2 Å². The Hall–Kier alpha value is -4.69. The molecule has 3 aromatic carbocycles. The summed E-state index contributed by atoms with van der Waals surface area (Å²) in [5.74, 6) is -1.81. The van der Waals surface area contributed by atoms with Gasteiger partial charge < -0.3 is 5.32 Å². The number of amides is 3. The first-order chi connectivity index (χ1) is 17.7. The molecule has 0 atom stereocenters. The molecule has 0 saturated heterocycles. The molecule has 2 heterocycles. The zero-order valence-electron chi connectivity index (χ0n) is 18.4.